The molecule has 0 saturated carbocycles. The molecule has 0 saturated heterocycles. The highest BCUT2D eigenvalue weighted by Gasteiger charge is 2.35. The van der Waals surface area contributed by atoms with Gasteiger partial charge < -0.3 is 20.1 Å². The molecule has 0 aromatic heterocycles. The first-order chi connectivity index (χ1) is 12.1. The van der Waals surface area contributed by atoms with E-state index >= 15 is 0 Å². The molecule has 1 aliphatic rings. The molecular formula is C18H22Br2N2O4. The van der Waals surface area contributed by atoms with E-state index in [9.17, 15) is 9.59 Å². The van der Waals surface area contributed by atoms with Crippen LogP contribution in [-0.4, -0.2) is 25.2 Å². The van der Waals surface area contributed by atoms with Crippen molar-refractivity contribution >= 4 is 43.9 Å². The molecule has 0 radical (unpaired) electrons. The van der Waals surface area contributed by atoms with E-state index in [1.165, 1.54) is 0 Å². The van der Waals surface area contributed by atoms with Crippen LogP contribution in [0.25, 0.3) is 0 Å². The average Bonchev–Trinajstić information content (AvgIpc) is 2.52. The fourth-order valence-electron chi connectivity index (χ4n) is 2.74. The van der Waals surface area contributed by atoms with Crippen LogP contribution in [0.5, 0.6) is 5.75 Å². The number of carbonyl (C=O) groups is 2. The summed E-state index contributed by atoms with van der Waals surface area (Å²) in [5, 5.41) is 5.57. The molecule has 6 nitrogen and oxygen atoms in total. The normalized spacial score (nSPS) is 17.3. The Morgan fingerprint density at radius 3 is 2.19 bits per heavy atom. The van der Waals surface area contributed by atoms with Gasteiger partial charge in [0.25, 0.3) is 0 Å². The summed E-state index contributed by atoms with van der Waals surface area (Å²) in [7, 11) is 1.57. The lowest BCUT2D eigenvalue weighted by atomic mass is 9.91. The first-order valence-corrected chi connectivity index (χ1v) is 9.79. The van der Waals surface area contributed by atoms with Gasteiger partial charge in [0, 0.05) is 5.70 Å². The van der Waals surface area contributed by atoms with Crippen molar-refractivity contribution < 1.29 is 19.1 Å². The highest BCUT2D eigenvalue weighted by Crippen LogP contribution is 2.39. The monoisotopic (exact) mass is 488 g/mol. The van der Waals surface area contributed by atoms with Crippen LogP contribution in [0, 0.1) is 5.92 Å². The first-order valence-electron chi connectivity index (χ1n) is 8.21. The number of amides is 2. The molecule has 2 amide bonds. The summed E-state index contributed by atoms with van der Waals surface area (Å²) in [6.45, 7) is 7.41. The number of benzene rings is 1. The van der Waals surface area contributed by atoms with Gasteiger partial charge in [0.15, 0.2) is 0 Å². The van der Waals surface area contributed by atoms with Crippen molar-refractivity contribution in [1.82, 2.24) is 10.6 Å². The van der Waals surface area contributed by atoms with Crippen LogP contribution >= 0.6 is 31.9 Å². The Balaban J connectivity index is 2.61. The number of esters is 1. The Labute approximate surface area is 170 Å². The van der Waals surface area contributed by atoms with Crippen LogP contribution in [0.2, 0.25) is 0 Å². The quantitative estimate of drug-likeness (QED) is 0.599. The maximum Gasteiger partial charge on any atom is 0.338 e. The van der Waals surface area contributed by atoms with Crippen molar-refractivity contribution in [1.29, 1.82) is 0 Å². The fraction of sp³-hybridized carbons (Fsp3) is 0.444. The van der Waals surface area contributed by atoms with Crippen LogP contribution in [0.4, 0.5) is 4.79 Å². The second kappa shape index (κ2) is 8.43. The third-order valence-corrected chi connectivity index (χ3v) is 4.98. The first kappa shape index (κ1) is 20.8. The maximum absolute atomic E-state index is 12.8. The van der Waals surface area contributed by atoms with Crippen molar-refractivity contribution in [3.05, 3.63) is 37.9 Å². The van der Waals surface area contributed by atoms with Gasteiger partial charge in [-0.05, 0) is 69.3 Å². The van der Waals surface area contributed by atoms with Crippen molar-refractivity contribution in [3.8, 4) is 5.75 Å². The number of ether oxygens (including phenoxy) is 2. The van der Waals surface area contributed by atoms with E-state index in [0.29, 0.717) is 26.0 Å². The number of nitrogens with one attached hydrogen (secondary N) is 2. The summed E-state index contributed by atoms with van der Waals surface area (Å²) in [6, 6.07) is 2.65. The highest BCUT2D eigenvalue weighted by atomic mass is 79.9. The zero-order valence-corrected chi connectivity index (χ0v) is 18.4. The number of urea groups is 1. The molecule has 0 bridgehead atoms. The van der Waals surface area contributed by atoms with Gasteiger partial charge >= 0.3 is 12.0 Å². The fourth-order valence-corrected chi connectivity index (χ4v) is 4.28. The molecule has 0 aliphatic carbocycles. The Kier molecular flexibility index (Phi) is 6.74. The Hall–Kier alpha value is -1.54. The van der Waals surface area contributed by atoms with Gasteiger partial charge in [-0.3, -0.25) is 0 Å². The molecule has 1 aliphatic heterocycles. The van der Waals surface area contributed by atoms with Crippen LogP contribution in [-0.2, 0) is 9.53 Å². The minimum absolute atomic E-state index is 0.0524. The van der Waals surface area contributed by atoms with Gasteiger partial charge in [-0.25, -0.2) is 9.59 Å². The number of carbonyl (C=O) groups excluding carboxylic acids is 2. The Bertz CT molecular complexity index is 737. The predicted octanol–water partition coefficient (Wildman–Crippen LogP) is 4.44. The molecule has 1 aromatic rings. The number of methoxy groups -OCH3 is 1. The molecule has 142 valence electrons. The largest absolute Gasteiger partial charge is 0.494 e. The molecule has 1 heterocycles. The topological polar surface area (TPSA) is 76.7 Å². The molecule has 1 atom stereocenters. The Morgan fingerprint density at radius 2 is 1.73 bits per heavy atom. The molecular weight excluding hydrogens is 468 g/mol. The molecule has 2 N–H and O–H groups in total. The van der Waals surface area contributed by atoms with Gasteiger partial charge in [-0.2, -0.15) is 0 Å². The van der Waals surface area contributed by atoms with E-state index in [0.717, 1.165) is 5.56 Å². The minimum Gasteiger partial charge on any atom is -0.494 e. The van der Waals surface area contributed by atoms with E-state index in [2.05, 4.69) is 42.5 Å². The summed E-state index contributed by atoms with van der Waals surface area (Å²) in [4.78, 5) is 25.0. The second-order valence-corrected chi connectivity index (χ2v) is 8.19. The molecule has 1 aromatic carbocycles. The summed E-state index contributed by atoms with van der Waals surface area (Å²) in [5.41, 5.74) is 1.69. The number of allylic oxidation sites excluding steroid dienone is 1. The van der Waals surface area contributed by atoms with Gasteiger partial charge in [0.05, 0.1) is 33.8 Å². The summed E-state index contributed by atoms with van der Waals surface area (Å²) in [6.07, 6.45) is -0.268. The zero-order valence-electron chi connectivity index (χ0n) is 15.3. The molecule has 26 heavy (non-hydrogen) atoms. The molecule has 0 spiro atoms. The second-order valence-electron chi connectivity index (χ2n) is 6.49. The van der Waals surface area contributed by atoms with Gasteiger partial charge in [0.2, 0.25) is 0 Å². The van der Waals surface area contributed by atoms with E-state index in [4.69, 9.17) is 9.47 Å². The zero-order chi connectivity index (χ0) is 19.6. The average molecular weight is 490 g/mol. The van der Waals surface area contributed by atoms with Crippen molar-refractivity contribution in [2.75, 3.05) is 7.11 Å². The van der Waals surface area contributed by atoms with Crippen LogP contribution in [0.1, 0.15) is 39.3 Å². The van der Waals surface area contributed by atoms with E-state index in [-0.39, 0.29) is 18.1 Å². The maximum atomic E-state index is 12.8. The molecule has 8 heteroatoms. The number of hydrogen-bond acceptors (Lipinski definition) is 4. The lowest BCUT2D eigenvalue weighted by Crippen LogP contribution is -2.47. The smallest absolute Gasteiger partial charge is 0.338 e. The van der Waals surface area contributed by atoms with Crippen molar-refractivity contribution in [2.24, 2.45) is 5.92 Å². The van der Waals surface area contributed by atoms with Gasteiger partial charge in [-0.15, -0.1) is 0 Å². The van der Waals surface area contributed by atoms with E-state index in [1.54, 1.807) is 21.0 Å². The third-order valence-electron chi connectivity index (χ3n) is 3.80. The molecule has 2 rings (SSSR count). The van der Waals surface area contributed by atoms with Crippen LogP contribution in [0.15, 0.2) is 32.3 Å². The number of halogens is 2. The third kappa shape index (κ3) is 4.40. The Morgan fingerprint density at radius 1 is 1.15 bits per heavy atom. The van der Waals surface area contributed by atoms with Gasteiger partial charge in [0.1, 0.15) is 5.75 Å². The highest BCUT2D eigenvalue weighted by molar-refractivity contribution is 9.11. The van der Waals surface area contributed by atoms with Crippen LogP contribution in [0.3, 0.4) is 0 Å². The number of rotatable bonds is 5. The van der Waals surface area contributed by atoms with Crippen molar-refractivity contribution in [3.63, 3.8) is 0 Å². The van der Waals surface area contributed by atoms with E-state index < -0.39 is 12.0 Å². The summed E-state index contributed by atoms with van der Waals surface area (Å²) < 4.78 is 12.2. The minimum atomic E-state index is -0.633. The van der Waals surface area contributed by atoms with Crippen LogP contribution < -0.4 is 15.4 Å². The van der Waals surface area contributed by atoms with E-state index in [1.807, 2.05) is 26.0 Å². The van der Waals surface area contributed by atoms with Gasteiger partial charge in [-0.1, -0.05) is 13.8 Å². The van der Waals surface area contributed by atoms with Crippen molar-refractivity contribution in [2.45, 2.75) is 39.8 Å². The molecule has 0 fully saturated rings. The lowest BCUT2D eigenvalue weighted by molar-refractivity contribution is -0.143. The summed E-state index contributed by atoms with van der Waals surface area (Å²) >= 11 is 6.93. The lowest BCUT2D eigenvalue weighted by Gasteiger charge is -2.31. The number of hydrogen-bond donors (Lipinski definition) is 2. The predicted molar refractivity (Wildman–Crippen MR) is 106 cm³/mol. The standard InChI is InChI=1S/C18H22Br2N2O4/c1-8(2)14-13(17(23)26-9(3)4)15(22-18(24)21-14)10-6-11(19)16(25-5)12(20)7-10/h6-9,15H,1-5H3,(H2,21,22,24). The molecule has 1 unspecified atom stereocenters. The summed E-state index contributed by atoms with van der Waals surface area (Å²) in [5.74, 6) is 0.126. The SMILES string of the molecule is COc1c(Br)cc(C2NC(=O)NC(C(C)C)=C2C(=O)OC(C)C)cc1Br.